The van der Waals surface area contributed by atoms with E-state index in [1.54, 1.807) is 0 Å². The molecule has 1 nitrogen and oxygen atoms in total. The standard InChI is InChI=1S/C28H29F3O/c1-27(28(29,30)31)17-15-23(16-18-27)26(32)22-13-11-21(12-14-22)25-10-6-5-9-24(19-25)20-7-3-2-4-8-20/h2-4,7-8,11-17,24-25H,5-6,9-10,18-19H2,1H3. The van der Waals surface area contributed by atoms with Crippen molar-refractivity contribution in [3.63, 3.8) is 0 Å². The van der Waals surface area contributed by atoms with Crippen molar-refractivity contribution in [2.45, 2.75) is 63.5 Å². The summed E-state index contributed by atoms with van der Waals surface area (Å²) in [5.41, 5.74) is 1.58. The zero-order valence-corrected chi connectivity index (χ0v) is 18.4. The molecule has 0 N–H and O–H groups in total. The van der Waals surface area contributed by atoms with Crippen molar-refractivity contribution in [2.24, 2.45) is 5.41 Å². The maximum absolute atomic E-state index is 13.2. The molecule has 3 unspecified atom stereocenters. The highest BCUT2D eigenvalue weighted by molar-refractivity contribution is 6.10. The number of alkyl halides is 3. The van der Waals surface area contributed by atoms with E-state index in [0.717, 1.165) is 25.8 Å². The maximum Gasteiger partial charge on any atom is 0.397 e. The van der Waals surface area contributed by atoms with Crippen LogP contribution in [0.15, 0.2) is 78.4 Å². The molecule has 0 bridgehead atoms. The smallest absolute Gasteiger partial charge is 0.289 e. The minimum Gasteiger partial charge on any atom is -0.289 e. The molecule has 32 heavy (non-hydrogen) atoms. The molecule has 0 heterocycles. The van der Waals surface area contributed by atoms with E-state index in [1.807, 2.05) is 30.3 Å². The Morgan fingerprint density at radius 2 is 1.50 bits per heavy atom. The molecule has 0 saturated heterocycles. The summed E-state index contributed by atoms with van der Waals surface area (Å²) in [7, 11) is 0. The van der Waals surface area contributed by atoms with Gasteiger partial charge >= 0.3 is 6.18 Å². The molecule has 168 valence electrons. The van der Waals surface area contributed by atoms with Gasteiger partial charge in [0.1, 0.15) is 0 Å². The first-order valence-electron chi connectivity index (χ1n) is 11.4. The van der Waals surface area contributed by atoms with Crippen molar-refractivity contribution in [2.75, 3.05) is 0 Å². The second-order valence-corrected chi connectivity index (χ2v) is 9.39. The first kappa shape index (κ1) is 22.6. The van der Waals surface area contributed by atoms with Crippen LogP contribution in [0, 0.1) is 5.41 Å². The molecule has 2 aliphatic rings. The first-order chi connectivity index (χ1) is 15.3. The van der Waals surface area contributed by atoms with E-state index < -0.39 is 11.6 Å². The third-order valence-corrected chi connectivity index (χ3v) is 7.13. The summed E-state index contributed by atoms with van der Waals surface area (Å²) in [6, 6.07) is 18.4. The van der Waals surface area contributed by atoms with Gasteiger partial charge in [-0.25, -0.2) is 0 Å². The Labute approximate surface area is 188 Å². The average molecular weight is 439 g/mol. The van der Waals surface area contributed by atoms with Crippen LogP contribution in [0.2, 0.25) is 0 Å². The Balaban J connectivity index is 1.46. The topological polar surface area (TPSA) is 17.1 Å². The van der Waals surface area contributed by atoms with Crippen molar-refractivity contribution in [3.8, 4) is 0 Å². The lowest BCUT2D eigenvalue weighted by molar-refractivity contribution is -0.199. The van der Waals surface area contributed by atoms with E-state index in [9.17, 15) is 18.0 Å². The van der Waals surface area contributed by atoms with Gasteiger partial charge < -0.3 is 0 Å². The predicted molar refractivity (Wildman–Crippen MR) is 122 cm³/mol. The number of benzene rings is 2. The zero-order chi connectivity index (χ0) is 22.8. The maximum atomic E-state index is 13.2. The second kappa shape index (κ2) is 9.09. The predicted octanol–water partition coefficient (Wildman–Crippen LogP) is 8.16. The van der Waals surface area contributed by atoms with Gasteiger partial charge in [-0.15, -0.1) is 0 Å². The normalized spacial score (nSPS) is 26.3. The van der Waals surface area contributed by atoms with Crippen LogP contribution in [-0.4, -0.2) is 12.0 Å². The van der Waals surface area contributed by atoms with Crippen LogP contribution in [0.5, 0.6) is 0 Å². The van der Waals surface area contributed by atoms with Gasteiger partial charge in [0.15, 0.2) is 5.78 Å². The van der Waals surface area contributed by atoms with Crippen molar-refractivity contribution in [1.29, 1.82) is 0 Å². The fourth-order valence-corrected chi connectivity index (χ4v) is 4.88. The van der Waals surface area contributed by atoms with Gasteiger partial charge in [-0.3, -0.25) is 4.79 Å². The van der Waals surface area contributed by atoms with E-state index in [4.69, 9.17) is 0 Å². The number of ketones is 1. The summed E-state index contributed by atoms with van der Waals surface area (Å²) in [5.74, 6) is 0.777. The summed E-state index contributed by atoms with van der Waals surface area (Å²) >= 11 is 0. The Morgan fingerprint density at radius 1 is 0.906 bits per heavy atom. The van der Waals surface area contributed by atoms with E-state index >= 15 is 0 Å². The number of halogens is 3. The van der Waals surface area contributed by atoms with Gasteiger partial charge in [0, 0.05) is 11.1 Å². The van der Waals surface area contributed by atoms with Gasteiger partial charge in [-0.2, -0.15) is 13.2 Å². The number of carbonyl (C=O) groups is 1. The number of hydrogen-bond acceptors (Lipinski definition) is 1. The zero-order valence-electron chi connectivity index (χ0n) is 18.4. The van der Waals surface area contributed by atoms with Crippen LogP contribution in [0.25, 0.3) is 0 Å². The fourth-order valence-electron chi connectivity index (χ4n) is 4.88. The van der Waals surface area contributed by atoms with Crippen LogP contribution in [-0.2, 0) is 0 Å². The summed E-state index contributed by atoms with van der Waals surface area (Å²) in [6.07, 6.45) is 5.18. The first-order valence-corrected chi connectivity index (χ1v) is 11.4. The average Bonchev–Trinajstić information content (AvgIpc) is 3.06. The van der Waals surface area contributed by atoms with E-state index in [-0.39, 0.29) is 12.2 Å². The Morgan fingerprint density at radius 3 is 2.03 bits per heavy atom. The molecule has 2 aliphatic carbocycles. The Hall–Kier alpha value is -2.62. The number of allylic oxidation sites excluding steroid dienone is 4. The van der Waals surface area contributed by atoms with Gasteiger partial charge in [-0.1, -0.05) is 85.7 Å². The minimum atomic E-state index is -4.33. The molecule has 4 heteroatoms. The molecule has 0 aromatic heterocycles. The van der Waals surface area contributed by atoms with Crippen LogP contribution in [0.1, 0.15) is 78.8 Å². The minimum absolute atomic E-state index is 0.213. The fraction of sp³-hybridized carbons (Fsp3) is 0.393. The molecule has 2 aromatic rings. The highest BCUT2D eigenvalue weighted by Crippen LogP contribution is 2.45. The number of hydrogen-bond donors (Lipinski definition) is 0. The Bertz CT molecular complexity index is 1000. The molecule has 0 spiro atoms. The monoisotopic (exact) mass is 438 g/mol. The van der Waals surface area contributed by atoms with Crippen LogP contribution < -0.4 is 0 Å². The third kappa shape index (κ3) is 4.74. The molecule has 0 aliphatic heterocycles. The van der Waals surface area contributed by atoms with E-state index in [1.165, 1.54) is 42.5 Å². The highest BCUT2D eigenvalue weighted by atomic mass is 19.4. The molecule has 1 saturated carbocycles. The molecule has 1 fully saturated rings. The van der Waals surface area contributed by atoms with Crippen LogP contribution >= 0.6 is 0 Å². The number of carbonyl (C=O) groups excluding carboxylic acids is 1. The van der Waals surface area contributed by atoms with Gasteiger partial charge in [0.2, 0.25) is 0 Å². The lowest BCUT2D eigenvalue weighted by atomic mass is 9.80. The lowest BCUT2D eigenvalue weighted by Gasteiger charge is -2.30. The molecule has 2 aromatic carbocycles. The molecule has 0 radical (unpaired) electrons. The molecule has 3 atom stereocenters. The molecular weight excluding hydrogens is 409 g/mol. The van der Waals surface area contributed by atoms with E-state index in [2.05, 4.69) is 24.3 Å². The van der Waals surface area contributed by atoms with E-state index in [0.29, 0.717) is 23.0 Å². The van der Waals surface area contributed by atoms with Crippen molar-refractivity contribution in [1.82, 2.24) is 0 Å². The SMILES string of the molecule is CC1(C(F)(F)F)C=CC(C(=O)c2ccc(C3CCCCC(c4ccccc4)C3)cc2)=CC1. The van der Waals surface area contributed by atoms with Crippen molar-refractivity contribution in [3.05, 3.63) is 95.1 Å². The third-order valence-electron chi connectivity index (χ3n) is 7.13. The molecule has 0 amide bonds. The molecule has 4 rings (SSSR count). The summed E-state index contributed by atoms with van der Waals surface area (Å²) in [4.78, 5) is 12.8. The van der Waals surface area contributed by atoms with Crippen LogP contribution in [0.4, 0.5) is 13.2 Å². The summed E-state index contributed by atoms with van der Waals surface area (Å²) in [6.45, 7) is 1.16. The second-order valence-electron chi connectivity index (χ2n) is 9.39. The number of Topliss-reactive ketones (excluding diaryl/α,β-unsaturated/α-hetero) is 1. The lowest BCUT2D eigenvalue weighted by Crippen LogP contribution is -2.34. The summed E-state index contributed by atoms with van der Waals surface area (Å²) < 4.78 is 39.6. The largest absolute Gasteiger partial charge is 0.397 e. The highest BCUT2D eigenvalue weighted by Gasteiger charge is 2.49. The van der Waals surface area contributed by atoms with Crippen molar-refractivity contribution < 1.29 is 18.0 Å². The Kier molecular flexibility index (Phi) is 6.41. The van der Waals surface area contributed by atoms with Gasteiger partial charge in [0.05, 0.1) is 5.41 Å². The number of rotatable bonds is 4. The summed E-state index contributed by atoms with van der Waals surface area (Å²) in [5, 5.41) is 0. The van der Waals surface area contributed by atoms with Crippen LogP contribution in [0.3, 0.4) is 0 Å². The quantitative estimate of drug-likeness (QED) is 0.348. The van der Waals surface area contributed by atoms with Crippen molar-refractivity contribution >= 4 is 5.78 Å². The molecular formula is C28H29F3O. The van der Waals surface area contributed by atoms with Gasteiger partial charge in [0.25, 0.3) is 0 Å². The van der Waals surface area contributed by atoms with Gasteiger partial charge in [-0.05, 0) is 55.6 Å².